The van der Waals surface area contributed by atoms with E-state index in [-0.39, 0.29) is 12.3 Å². The van der Waals surface area contributed by atoms with Crippen LogP contribution in [0.25, 0.3) is 16.9 Å². The zero-order valence-electron chi connectivity index (χ0n) is 12.3. The highest BCUT2D eigenvalue weighted by atomic mass is 16.6. The Bertz CT molecular complexity index is 827. The normalized spacial score (nSPS) is 10.8. The monoisotopic (exact) mass is 313 g/mol. The van der Waals surface area contributed by atoms with Gasteiger partial charge in [0.2, 0.25) is 0 Å². The van der Waals surface area contributed by atoms with Gasteiger partial charge >= 0.3 is 0 Å². The molecule has 0 fully saturated rings. The van der Waals surface area contributed by atoms with Crippen LogP contribution in [0.15, 0.2) is 48.8 Å². The number of imidazole rings is 1. The van der Waals surface area contributed by atoms with E-state index in [1.165, 1.54) is 12.3 Å². The Kier molecular flexibility index (Phi) is 4.20. The van der Waals surface area contributed by atoms with E-state index in [1.54, 1.807) is 16.7 Å². The molecular formula is C16H15N3O4. The molecule has 0 bridgehead atoms. The smallest absolute Gasteiger partial charge is 0.286 e. The van der Waals surface area contributed by atoms with Crippen molar-refractivity contribution in [3.05, 3.63) is 58.9 Å². The van der Waals surface area contributed by atoms with Gasteiger partial charge in [-0.05, 0) is 30.3 Å². The first-order chi connectivity index (χ1) is 11.2. The highest BCUT2D eigenvalue weighted by Gasteiger charge is 2.09. The Hall–Kier alpha value is -2.93. The van der Waals surface area contributed by atoms with Gasteiger partial charge in [-0.2, -0.15) is 0 Å². The van der Waals surface area contributed by atoms with Crippen LogP contribution >= 0.6 is 0 Å². The van der Waals surface area contributed by atoms with Gasteiger partial charge in [-0.3, -0.25) is 14.5 Å². The summed E-state index contributed by atoms with van der Waals surface area (Å²) in [6.45, 7) is 0.569. The van der Waals surface area contributed by atoms with Gasteiger partial charge < -0.3 is 9.84 Å². The molecule has 0 aliphatic carbocycles. The molecule has 3 aromatic rings. The molecule has 0 unspecified atom stereocenters. The van der Waals surface area contributed by atoms with Crippen molar-refractivity contribution in [3.8, 4) is 17.0 Å². The van der Waals surface area contributed by atoms with Gasteiger partial charge in [-0.25, -0.2) is 4.98 Å². The predicted octanol–water partition coefficient (Wildman–Crippen LogP) is 2.67. The quantitative estimate of drug-likeness (QED) is 0.429. The Morgan fingerprint density at radius 1 is 1.17 bits per heavy atom. The summed E-state index contributed by atoms with van der Waals surface area (Å²) in [5.41, 5.74) is 2.29. The predicted molar refractivity (Wildman–Crippen MR) is 84.5 cm³/mol. The summed E-state index contributed by atoms with van der Waals surface area (Å²) in [4.78, 5) is 14.8. The lowest BCUT2D eigenvalue weighted by molar-refractivity contribution is -0.385. The van der Waals surface area contributed by atoms with Gasteiger partial charge in [0, 0.05) is 30.9 Å². The van der Waals surface area contributed by atoms with Crippen molar-refractivity contribution in [3.63, 3.8) is 0 Å². The number of benzene rings is 1. The van der Waals surface area contributed by atoms with Crippen LogP contribution in [-0.4, -0.2) is 32.6 Å². The van der Waals surface area contributed by atoms with Crippen molar-refractivity contribution in [1.82, 2.24) is 9.38 Å². The van der Waals surface area contributed by atoms with Gasteiger partial charge in [0.05, 0.1) is 23.4 Å². The van der Waals surface area contributed by atoms with Crippen molar-refractivity contribution in [2.45, 2.75) is 6.42 Å². The molecule has 2 heterocycles. The molecular weight excluding hydrogens is 298 g/mol. The molecule has 0 spiro atoms. The lowest BCUT2D eigenvalue weighted by atomic mass is 10.2. The summed E-state index contributed by atoms with van der Waals surface area (Å²) < 4.78 is 7.12. The highest BCUT2D eigenvalue weighted by molar-refractivity contribution is 5.63. The average Bonchev–Trinajstić information content (AvgIpc) is 2.98. The Labute approximate surface area is 131 Å². The molecule has 3 rings (SSSR count). The number of aliphatic hydroxyl groups excluding tert-OH is 1. The minimum atomic E-state index is -0.433. The number of hydrogen-bond acceptors (Lipinski definition) is 5. The van der Waals surface area contributed by atoms with E-state index in [2.05, 4.69) is 4.98 Å². The SMILES string of the molecule is O=[N+]([O-])c1ccc2nc(-c3ccc(OCCCO)cc3)cn2c1. The first kappa shape index (κ1) is 15.0. The van der Waals surface area contributed by atoms with Crippen LogP contribution in [0.5, 0.6) is 5.75 Å². The molecule has 118 valence electrons. The maximum atomic E-state index is 10.8. The van der Waals surface area contributed by atoms with Crippen LogP contribution in [0.2, 0.25) is 0 Å². The standard InChI is InChI=1S/C16H15N3O4/c20-8-1-9-23-14-5-2-12(3-6-14)15-11-18-10-13(19(21)22)4-7-16(18)17-15/h2-7,10-11,20H,1,8-9H2. The van der Waals surface area contributed by atoms with Gasteiger partial charge in [-0.1, -0.05) is 0 Å². The van der Waals surface area contributed by atoms with Crippen LogP contribution in [0, 0.1) is 10.1 Å². The summed E-state index contributed by atoms with van der Waals surface area (Å²) in [6.07, 6.45) is 3.79. The van der Waals surface area contributed by atoms with E-state index in [0.717, 1.165) is 17.0 Å². The third-order valence-corrected chi connectivity index (χ3v) is 3.37. The van der Waals surface area contributed by atoms with E-state index in [0.29, 0.717) is 18.7 Å². The minimum absolute atomic E-state index is 0.0223. The number of pyridine rings is 1. The second kappa shape index (κ2) is 6.45. The molecule has 2 aromatic heterocycles. The summed E-state index contributed by atoms with van der Waals surface area (Å²) >= 11 is 0. The summed E-state index contributed by atoms with van der Waals surface area (Å²) in [5.74, 6) is 0.724. The third-order valence-electron chi connectivity index (χ3n) is 3.37. The minimum Gasteiger partial charge on any atom is -0.494 e. The van der Waals surface area contributed by atoms with Crippen molar-refractivity contribution >= 4 is 11.3 Å². The fourth-order valence-electron chi connectivity index (χ4n) is 2.20. The molecule has 0 atom stereocenters. The maximum Gasteiger partial charge on any atom is 0.286 e. The van der Waals surface area contributed by atoms with Crippen LogP contribution in [-0.2, 0) is 0 Å². The number of nitro groups is 1. The number of nitrogens with zero attached hydrogens (tertiary/aromatic N) is 3. The number of fused-ring (bicyclic) bond motifs is 1. The largest absolute Gasteiger partial charge is 0.494 e. The van der Waals surface area contributed by atoms with Gasteiger partial charge in [0.1, 0.15) is 11.4 Å². The summed E-state index contributed by atoms with van der Waals surface area (Å²) in [6, 6.07) is 10.5. The maximum absolute atomic E-state index is 10.8. The first-order valence-corrected chi connectivity index (χ1v) is 7.14. The molecule has 0 aliphatic heterocycles. The molecule has 0 aliphatic rings. The topological polar surface area (TPSA) is 89.9 Å². The fraction of sp³-hybridized carbons (Fsp3) is 0.188. The van der Waals surface area contributed by atoms with Gasteiger partial charge in [0.25, 0.3) is 5.69 Å². The average molecular weight is 313 g/mol. The van der Waals surface area contributed by atoms with E-state index in [4.69, 9.17) is 9.84 Å². The summed E-state index contributed by atoms with van der Waals surface area (Å²) in [5, 5.41) is 19.5. The molecule has 0 saturated carbocycles. The van der Waals surface area contributed by atoms with Crippen molar-refractivity contribution < 1.29 is 14.8 Å². The van der Waals surface area contributed by atoms with Crippen molar-refractivity contribution in [2.24, 2.45) is 0 Å². The lowest BCUT2D eigenvalue weighted by Gasteiger charge is -2.05. The van der Waals surface area contributed by atoms with E-state index >= 15 is 0 Å². The molecule has 7 nitrogen and oxygen atoms in total. The second-order valence-electron chi connectivity index (χ2n) is 4.99. The Balaban J connectivity index is 1.83. The number of aromatic nitrogens is 2. The third kappa shape index (κ3) is 3.29. The molecule has 0 saturated heterocycles. The molecule has 0 radical (unpaired) electrons. The number of rotatable bonds is 6. The van der Waals surface area contributed by atoms with E-state index in [9.17, 15) is 10.1 Å². The van der Waals surface area contributed by atoms with Crippen LogP contribution in [0.1, 0.15) is 6.42 Å². The van der Waals surface area contributed by atoms with Crippen molar-refractivity contribution in [2.75, 3.05) is 13.2 Å². The Morgan fingerprint density at radius 2 is 1.96 bits per heavy atom. The van der Waals surface area contributed by atoms with Crippen LogP contribution in [0.4, 0.5) is 5.69 Å². The summed E-state index contributed by atoms with van der Waals surface area (Å²) in [7, 11) is 0. The Morgan fingerprint density at radius 3 is 2.65 bits per heavy atom. The highest BCUT2D eigenvalue weighted by Crippen LogP contribution is 2.23. The molecule has 23 heavy (non-hydrogen) atoms. The first-order valence-electron chi connectivity index (χ1n) is 7.14. The van der Waals surface area contributed by atoms with Crippen LogP contribution in [0.3, 0.4) is 0 Å². The fourth-order valence-corrected chi connectivity index (χ4v) is 2.20. The van der Waals surface area contributed by atoms with Crippen LogP contribution < -0.4 is 4.74 Å². The lowest BCUT2D eigenvalue weighted by Crippen LogP contribution is -1.99. The number of ether oxygens (including phenoxy) is 1. The number of hydrogen-bond donors (Lipinski definition) is 1. The van der Waals surface area contributed by atoms with Crippen molar-refractivity contribution in [1.29, 1.82) is 0 Å². The zero-order chi connectivity index (χ0) is 16.2. The molecule has 0 amide bonds. The van der Waals surface area contributed by atoms with Gasteiger partial charge in [-0.15, -0.1) is 0 Å². The van der Waals surface area contributed by atoms with E-state index in [1.807, 2.05) is 24.3 Å². The van der Waals surface area contributed by atoms with E-state index < -0.39 is 4.92 Å². The molecule has 1 aromatic carbocycles. The zero-order valence-corrected chi connectivity index (χ0v) is 12.3. The van der Waals surface area contributed by atoms with Gasteiger partial charge in [0.15, 0.2) is 0 Å². The second-order valence-corrected chi connectivity index (χ2v) is 4.99. The molecule has 7 heteroatoms. The number of aliphatic hydroxyl groups is 1. The molecule has 1 N–H and O–H groups in total.